The van der Waals surface area contributed by atoms with Crippen LogP contribution in [0.5, 0.6) is 5.75 Å². The lowest BCUT2D eigenvalue weighted by atomic mass is 10.1. The number of aromatic nitrogens is 2. The molecule has 0 radical (unpaired) electrons. The molecule has 4 rings (SSSR count). The van der Waals surface area contributed by atoms with Gasteiger partial charge in [0.2, 0.25) is 5.91 Å². The van der Waals surface area contributed by atoms with Crippen molar-refractivity contribution in [1.29, 1.82) is 0 Å². The van der Waals surface area contributed by atoms with Crippen LogP contribution in [-0.4, -0.2) is 34.7 Å². The Morgan fingerprint density at radius 2 is 1.84 bits per heavy atom. The third kappa shape index (κ3) is 4.05. The number of para-hydroxylation sites is 3. The molecular formula is C23H22N4O4. The number of benzene rings is 2. The van der Waals surface area contributed by atoms with Gasteiger partial charge in [-0.1, -0.05) is 30.3 Å². The Balaban J connectivity index is 1.56. The number of carbonyl (C=O) groups is 2. The number of nitrogens with one attached hydrogen (secondary N) is 1. The van der Waals surface area contributed by atoms with Crippen molar-refractivity contribution in [3.05, 3.63) is 82.3 Å². The van der Waals surface area contributed by atoms with Gasteiger partial charge in [-0.3, -0.25) is 14.4 Å². The molecular weight excluding hydrogens is 396 g/mol. The first-order chi connectivity index (χ1) is 15.0. The number of carbonyl (C=O) groups excluding carboxylic acids is 2. The second-order valence-corrected chi connectivity index (χ2v) is 7.32. The summed E-state index contributed by atoms with van der Waals surface area (Å²) in [6, 6.07) is 17.3. The van der Waals surface area contributed by atoms with Crippen LogP contribution < -0.4 is 20.5 Å². The Morgan fingerprint density at radius 3 is 2.65 bits per heavy atom. The molecule has 1 aliphatic rings. The molecule has 1 atom stereocenters. The van der Waals surface area contributed by atoms with E-state index < -0.39 is 11.5 Å². The average Bonchev–Trinajstić information content (AvgIpc) is 3.10. The predicted molar refractivity (Wildman–Crippen MR) is 117 cm³/mol. The summed E-state index contributed by atoms with van der Waals surface area (Å²) < 4.78 is 6.21. The lowest BCUT2D eigenvalue weighted by Crippen LogP contribution is -2.38. The van der Waals surface area contributed by atoms with E-state index in [9.17, 15) is 14.4 Å². The number of nitrogens with zero attached hydrogens (tertiary/aromatic N) is 3. The maximum absolute atomic E-state index is 13.2. The Kier molecular flexibility index (Phi) is 5.53. The van der Waals surface area contributed by atoms with Gasteiger partial charge in [-0.05, 0) is 43.2 Å². The van der Waals surface area contributed by atoms with Gasteiger partial charge in [-0.15, -0.1) is 0 Å². The molecule has 0 saturated heterocycles. The van der Waals surface area contributed by atoms with E-state index in [0.717, 1.165) is 22.4 Å². The summed E-state index contributed by atoms with van der Waals surface area (Å²) in [7, 11) is 1.50. The van der Waals surface area contributed by atoms with Crippen LogP contribution in [-0.2, 0) is 17.8 Å². The summed E-state index contributed by atoms with van der Waals surface area (Å²) in [5, 5.41) is 6.87. The van der Waals surface area contributed by atoms with Gasteiger partial charge in [0, 0.05) is 17.8 Å². The van der Waals surface area contributed by atoms with Crippen LogP contribution in [0.4, 0.5) is 11.4 Å². The summed E-state index contributed by atoms with van der Waals surface area (Å²) in [4.78, 5) is 39.6. The molecule has 1 aliphatic heterocycles. The molecule has 8 nitrogen and oxygen atoms in total. The van der Waals surface area contributed by atoms with Crippen molar-refractivity contribution in [3.63, 3.8) is 0 Å². The van der Waals surface area contributed by atoms with Crippen LogP contribution >= 0.6 is 0 Å². The van der Waals surface area contributed by atoms with Gasteiger partial charge in [-0.2, -0.15) is 5.10 Å². The third-order valence-electron chi connectivity index (χ3n) is 5.19. The quantitative estimate of drug-likeness (QED) is 0.687. The molecule has 0 saturated carbocycles. The standard InChI is InChI=1S/C23H22N4O4/c1-15-13-16-7-3-5-9-19(16)27(15)23(30)18-11-12-22(29)26(25-18)14-21(28)24-17-8-4-6-10-20(17)31-2/h3-12,15H,13-14H2,1-2H3,(H,24,28)/t15-/m1/s1. The summed E-state index contributed by atoms with van der Waals surface area (Å²) in [6.07, 6.45) is 0.753. The SMILES string of the molecule is COc1ccccc1NC(=O)Cn1nc(C(=O)N2c3ccccc3C[C@H]2C)ccc1=O. The maximum Gasteiger partial charge on any atom is 0.278 e. The minimum absolute atomic E-state index is 0.0269. The van der Waals surface area contributed by atoms with E-state index in [1.165, 1.54) is 19.2 Å². The molecule has 1 N–H and O–H groups in total. The van der Waals surface area contributed by atoms with E-state index in [-0.39, 0.29) is 24.2 Å². The van der Waals surface area contributed by atoms with Gasteiger partial charge >= 0.3 is 0 Å². The second-order valence-electron chi connectivity index (χ2n) is 7.32. The number of hydrogen-bond donors (Lipinski definition) is 1. The first kappa shape index (κ1) is 20.3. The highest BCUT2D eigenvalue weighted by atomic mass is 16.5. The Morgan fingerprint density at radius 1 is 1.10 bits per heavy atom. The number of amides is 2. The second kappa shape index (κ2) is 8.43. The molecule has 0 bridgehead atoms. The first-order valence-corrected chi connectivity index (χ1v) is 9.90. The minimum Gasteiger partial charge on any atom is -0.495 e. The van der Waals surface area contributed by atoms with Gasteiger partial charge < -0.3 is 15.0 Å². The summed E-state index contributed by atoms with van der Waals surface area (Å²) in [5.74, 6) is -0.262. The normalized spacial score (nSPS) is 14.8. The Hall–Kier alpha value is -3.94. The molecule has 2 aromatic carbocycles. The summed E-state index contributed by atoms with van der Waals surface area (Å²) in [5.41, 5.74) is 2.05. The van der Waals surface area contributed by atoms with Crippen LogP contribution in [0.15, 0.2) is 65.5 Å². The number of rotatable bonds is 5. The van der Waals surface area contributed by atoms with Gasteiger partial charge in [0.25, 0.3) is 11.5 Å². The third-order valence-corrected chi connectivity index (χ3v) is 5.19. The highest BCUT2D eigenvalue weighted by Crippen LogP contribution is 2.32. The lowest BCUT2D eigenvalue weighted by molar-refractivity contribution is -0.117. The topological polar surface area (TPSA) is 93.5 Å². The van der Waals surface area contributed by atoms with E-state index in [1.807, 2.05) is 31.2 Å². The molecule has 31 heavy (non-hydrogen) atoms. The predicted octanol–water partition coefficient (Wildman–Crippen LogP) is 2.48. The van der Waals surface area contributed by atoms with E-state index in [2.05, 4.69) is 10.4 Å². The van der Waals surface area contributed by atoms with Gasteiger partial charge in [0.15, 0.2) is 0 Å². The summed E-state index contributed by atoms with van der Waals surface area (Å²) >= 11 is 0. The zero-order valence-electron chi connectivity index (χ0n) is 17.2. The molecule has 8 heteroatoms. The zero-order chi connectivity index (χ0) is 22.0. The molecule has 3 aromatic rings. The Bertz CT molecular complexity index is 1200. The van der Waals surface area contributed by atoms with Gasteiger partial charge in [-0.25, -0.2) is 4.68 Å². The molecule has 0 fully saturated rings. The fraction of sp³-hybridized carbons (Fsp3) is 0.217. The van der Waals surface area contributed by atoms with Crippen molar-refractivity contribution in [3.8, 4) is 5.75 Å². The molecule has 1 aromatic heterocycles. The van der Waals surface area contributed by atoms with Gasteiger partial charge in [0.1, 0.15) is 18.0 Å². The van der Waals surface area contributed by atoms with Crippen LogP contribution in [0, 0.1) is 0 Å². The van der Waals surface area contributed by atoms with E-state index in [1.54, 1.807) is 29.2 Å². The molecule has 0 spiro atoms. The van der Waals surface area contributed by atoms with Crippen LogP contribution in [0.25, 0.3) is 0 Å². The van der Waals surface area contributed by atoms with E-state index in [4.69, 9.17) is 4.74 Å². The van der Waals surface area contributed by atoms with Crippen molar-refractivity contribution in [2.24, 2.45) is 0 Å². The largest absolute Gasteiger partial charge is 0.495 e. The maximum atomic E-state index is 13.2. The first-order valence-electron chi connectivity index (χ1n) is 9.90. The van der Waals surface area contributed by atoms with Crippen LogP contribution in [0.1, 0.15) is 23.0 Å². The molecule has 2 amide bonds. The van der Waals surface area contributed by atoms with Gasteiger partial charge in [0.05, 0.1) is 12.8 Å². The average molecular weight is 418 g/mol. The zero-order valence-corrected chi connectivity index (χ0v) is 17.2. The highest BCUT2D eigenvalue weighted by molar-refractivity contribution is 6.06. The summed E-state index contributed by atoms with van der Waals surface area (Å²) in [6.45, 7) is 1.64. The molecule has 0 unspecified atom stereocenters. The number of hydrogen-bond acceptors (Lipinski definition) is 5. The lowest BCUT2D eigenvalue weighted by Gasteiger charge is -2.22. The number of anilines is 2. The smallest absolute Gasteiger partial charge is 0.278 e. The van der Waals surface area contributed by atoms with Crippen molar-refractivity contribution >= 4 is 23.2 Å². The van der Waals surface area contributed by atoms with E-state index >= 15 is 0 Å². The fourth-order valence-corrected chi connectivity index (χ4v) is 3.75. The Labute approximate surface area is 179 Å². The minimum atomic E-state index is -0.471. The van der Waals surface area contributed by atoms with Crippen LogP contribution in [0.3, 0.4) is 0 Å². The number of ether oxygens (including phenoxy) is 1. The van der Waals surface area contributed by atoms with E-state index in [0.29, 0.717) is 11.4 Å². The van der Waals surface area contributed by atoms with Crippen molar-refractivity contribution in [2.45, 2.75) is 25.9 Å². The van der Waals surface area contributed by atoms with Crippen LogP contribution in [0.2, 0.25) is 0 Å². The van der Waals surface area contributed by atoms with Crippen molar-refractivity contribution in [2.75, 3.05) is 17.3 Å². The molecule has 2 heterocycles. The highest BCUT2D eigenvalue weighted by Gasteiger charge is 2.32. The molecule has 0 aliphatic carbocycles. The number of fused-ring (bicyclic) bond motifs is 1. The monoisotopic (exact) mass is 418 g/mol. The molecule has 158 valence electrons. The van der Waals surface area contributed by atoms with Crippen molar-refractivity contribution in [1.82, 2.24) is 9.78 Å². The fourth-order valence-electron chi connectivity index (χ4n) is 3.75. The number of methoxy groups -OCH3 is 1. The van der Waals surface area contributed by atoms with Crippen molar-refractivity contribution < 1.29 is 14.3 Å².